The summed E-state index contributed by atoms with van der Waals surface area (Å²) in [5.41, 5.74) is 20.9. The second kappa shape index (κ2) is 12.2. The molecule has 2 aromatic heterocycles. The number of nitrogens with zero attached hydrogens (tertiary/aromatic N) is 2. The van der Waals surface area contributed by atoms with Gasteiger partial charge in [-0.25, -0.2) is 0 Å². The topological polar surface area (TPSA) is 9.86 Å². The predicted octanol–water partition coefficient (Wildman–Crippen LogP) is 10.8. The number of rotatable bonds is 4. The summed E-state index contributed by atoms with van der Waals surface area (Å²) in [6.45, 7) is 18.0. The van der Waals surface area contributed by atoms with E-state index in [2.05, 4.69) is 194 Å². The van der Waals surface area contributed by atoms with Crippen LogP contribution in [-0.2, 0) is 0 Å². The van der Waals surface area contributed by atoms with Crippen LogP contribution >= 0.6 is 0 Å². The third kappa shape index (κ3) is 6.90. The van der Waals surface area contributed by atoms with Crippen molar-refractivity contribution in [1.82, 2.24) is 9.13 Å². The van der Waals surface area contributed by atoms with Crippen LogP contribution < -0.4 is 0 Å². The monoisotopic (exact) mass is 630 g/mol. The van der Waals surface area contributed by atoms with Crippen molar-refractivity contribution in [3.8, 4) is 56.8 Å². The average Bonchev–Trinajstić information content (AvgIpc) is 3.56. The SMILES string of the molecule is Cc1ccc(-n2c(-c3ccc(C#C[Si](C)(C)C)cc3)cc3c2cc(-c2ccc(C#C[Si](C)(C)C)cc2)n3-c2ccc(C)cc2)cc1. The van der Waals surface area contributed by atoms with Crippen LogP contribution in [-0.4, -0.2) is 25.3 Å². The van der Waals surface area contributed by atoms with Gasteiger partial charge in [-0.3, -0.25) is 0 Å². The van der Waals surface area contributed by atoms with Gasteiger partial charge in [0.25, 0.3) is 0 Å². The van der Waals surface area contributed by atoms with E-state index in [1.165, 1.54) is 22.2 Å². The number of fused-ring (bicyclic) bond motifs is 1. The molecule has 0 fully saturated rings. The van der Waals surface area contributed by atoms with E-state index >= 15 is 0 Å². The molecule has 0 amide bonds. The van der Waals surface area contributed by atoms with E-state index in [1.54, 1.807) is 0 Å². The number of aryl methyl sites for hydroxylation is 2. The lowest BCUT2D eigenvalue weighted by Gasteiger charge is -2.12. The van der Waals surface area contributed by atoms with Crippen LogP contribution in [0.2, 0.25) is 39.3 Å². The molecule has 0 unspecified atom stereocenters. The molecule has 0 saturated heterocycles. The van der Waals surface area contributed by atoms with Gasteiger partial charge in [-0.15, -0.1) is 11.1 Å². The molecule has 0 aliphatic rings. The van der Waals surface area contributed by atoms with Crippen LogP contribution in [0.1, 0.15) is 22.3 Å². The number of hydrogen-bond donors (Lipinski definition) is 0. The number of aromatic nitrogens is 2. The molecule has 0 radical (unpaired) electrons. The standard InChI is InChI=1S/C42H42N2Si2/c1-31-9-21-37(22-10-31)43-39(35-17-13-33(14-18-35)25-27-45(3,4)5)29-42-41(43)30-40(44(42)38-23-11-32(2)12-24-38)36-19-15-34(16-20-36)26-28-46(6,7)8/h9-24,29-30H,1-8H3. The van der Waals surface area contributed by atoms with Crippen molar-refractivity contribution in [2.24, 2.45) is 0 Å². The Labute approximate surface area is 276 Å². The summed E-state index contributed by atoms with van der Waals surface area (Å²) >= 11 is 0. The second-order valence-corrected chi connectivity index (χ2v) is 23.8. The van der Waals surface area contributed by atoms with Gasteiger partial charge in [-0.05, 0) is 85.6 Å². The predicted molar refractivity (Wildman–Crippen MR) is 203 cm³/mol. The Hall–Kier alpha value is -4.75. The lowest BCUT2D eigenvalue weighted by molar-refractivity contribution is 1.13. The fourth-order valence-electron chi connectivity index (χ4n) is 5.49. The molecule has 4 heteroatoms. The summed E-state index contributed by atoms with van der Waals surface area (Å²) in [5.74, 6) is 6.82. The zero-order valence-corrected chi connectivity index (χ0v) is 30.3. The quantitative estimate of drug-likeness (QED) is 0.135. The molecule has 4 aromatic carbocycles. The first-order valence-electron chi connectivity index (χ1n) is 16.0. The van der Waals surface area contributed by atoms with Gasteiger partial charge in [0.2, 0.25) is 0 Å². The Morgan fingerprint density at radius 2 is 0.761 bits per heavy atom. The van der Waals surface area contributed by atoms with Crippen molar-refractivity contribution in [3.63, 3.8) is 0 Å². The van der Waals surface area contributed by atoms with E-state index in [0.29, 0.717) is 0 Å². The van der Waals surface area contributed by atoms with Gasteiger partial charge in [-0.2, -0.15) is 0 Å². The Kier molecular flexibility index (Phi) is 8.30. The molecule has 2 heterocycles. The van der Waals surface area contributed by atoms with Gasteiger partial charge in [0.05, 0.1) is 22.4 Å². The first kappa shape index (κ1) is 31.2. The lowest BCUT2D eigenvalue weighted by Crippen LogP contribution is -2.16. The molecule has 0 atom stereocenters. The Morgan fingerprint density at radius 3 is 1.07 bits per heavy atom. The second-order valence-electron chi connectivity index (χ2n) is 14.3. The minimum absolute atomic E-state index is 1.06. The highest BCUT2D eigenvalue weighted by molar-refractivity contribution is 6.84. The molecule has 6 aromatic rings. The zero-order chi connectivity index (χ0) is 32.6. The van der Waals surface area contributed by atoms with E-state index in [0.717, 1.165) is 45.0 Å². The van der Waals surface area contributed by atoms with Crippen molar-refractivity contribution in [2.45, 2.75) is 53.1 Å². The molecular weight excluding hydrogens is 589 g/mol. The maximum atomic E-state index is 3.50. The number of benzene rings is 4. The Balaban J connectivity index is 1.57. The van der Waals surface area contributed by atoms with Gasteiger partial charge >= 0.3 is 0 Å². The van der Waals surface area contributed by atoms with Crippen molar-refractivity contribution in [1.29, 1.82) is 0 Å². The van der Waals surface area contributed by atoms with E-state index in [1.807, 2.05) is 0 Å². The summed E-state index contributed by atoms with van der Waals surface area (Å²) in [6.07, 6.45) is 0. The third-order valence-electron chi connectivity index (χ3n) is 7.88. The molecule has 0 N–H and O–H groups in total. The molecular formula is C42H42N2Si2. The van der Waals surface area contributed by atoms with Gasteiger partial charge < -0.3 is 9.13 Å². The molecule has 228 valence electrons. The fraction of sp³-hybridized carbons (Fsp3) is 0.190. The van der Waals surface area contributed by atoms with E-state index < -0.39 is 16.1 Å². The van der Waals surface area contributed by atoms with Crippen molar-refractivity contribution >= 4 is 27.2 Å². The summed E-state index contributed by atoms with van der Waals surface area (Å²) in [6, 6.07) is 39.8. The first-order valence-corrected chi connectivity index (χ1v) is 23.0. The van der Waals surface area contributed by atoms with E-state index in [-0.39, 0.29) is 0 Å². The van der Waals surface area contributed by atoms with Crippen LogP contribution in [0.25, 0.3) is 44.9 Å². The van der Waals surface area contributed by atoms with Gasteiger partial charge in [0.1, 0.15) is 16.1 Å². The summed E-state index contributed by atoms with van der Waals surface area (Å²) in [7, 11) is -2.90. The molecule has 0 aliphatic carbocycles. The normalized spacial score (nSPS) is 11.6. The van der Waals surface area contributed by atoms with Crippen LogP contribution in [0.3, 0.4) is 0 Å². The van der Waals surface area contributed by atoms with Crippen LogP contribution in [0.5, 0.6) is 0 Å². The average molecular weight is 631 g/mol. The largest absolute Gasteiger partial charge is 0.308 e. The lowest BCUT2D eigenvalue weighted by atomic mass is 10.1. The van der Waals surface area contributed by atoms with E-state index in [9.17, 15) is 0 Å². The maximum Gasteiger partial charge on any atom is 0.129 e. The first-order chi connectivity index (χ1) is 21.8. The van der Waals surface area contributed by atoms with Crippen molar-refractivity contribution in [3.05, 3.63) is 131 Å². The highest BCUT2D eigenvalue weighted by atomic mass is 28.3. The molecule has 46 heavy (non-hydrogen) atoms. The molecule has 2 nitrogen and oxygen atoms in total. The molecule has 0 spiro atoms. The molecule has 6 rings (SSSR count). The Bertz CT molecular complexity index is 1980. The molecule has 0 saturated carbocycles. The van der Waals surface area contributed by atoms with E-state index in [4.69, 9.17) is 0 Å². The Morgan fingerprint density at radius 1 is 0.435 bits per heavy atom. The minimum atomic E-state index is -1.45. The van der Waals surface area contributed by atoms with Gasteiger partial charge in [0.15, 0.2) is 0 Å². The highest BCUT2D eigenvalue weighted by Gasteiger charge is 2.21. The summed E-state index contributed by atoms with van der Waals surface area (Å²) in [4.78, 5) is 0. The van der Waals surface area contributed by atoms with Crippen LogP contribution in [0, 0.1) is 36.8 Å². The number of hydrogen-bond acceptors (Lipinski definition) is 0. The molecule has 0 aliphatic heterocycles. The smallest absolute Gasteiger partial charge is 0.129 e. The van der Waals surface area contributed by atoms with Crippen molar-refractivity contribution in [2.75, 3.05) is 0 Å². The highest BCUT2D eigenvalue weighted by Crippen LogP contribution is 2.38. The van der Waals surface area contributed by atoms with Gasteiger partial charge in [0, 0.05) is 22.5 Å². The van der Waals surface area contributed by atoms with Crippen LogP contribution in [0.4, 0.5) is 0 Å². The van der Waals surface area contributed by atoms with Crippen LogP contribution in [0.15, 0.2) is 109 Å². The molecule has 0 bridgehead atoms. The zero-order valence-electron chi connectivity index (χ0n) is 28.3. The minimum Gasteiger partial charge on any atom is -0.308 e. The third-order valence-corrected chi connectivity index (χ3v) is 9.63. The fourth-order valence-corrected chi connectivity index (χ4v) is 6.53. The summed E-state index contributed by atoms with van der Waals surface area (Å²) in [5, 5.41) is 0. The maximum absolute atomic E-state index is 3.50. The van der Waals surface area contributed by atoms with Crippen molar-refractivity contribution < 1.29 is 0 Å². The van der Waals surface area contributed by atoms with Gasteiger partial charge in [-0.1, -0.05) is 111 Å². The summed E-state index contributed by atoms with van der Waals surface area (Å²) < 4.78 is 4.80.